The molecule has 2 aromatic rings. The fraction of sp³-hybridized carbons (Fsp3) is 0.211. The van der Waals surface area contributed by atoms with Crippen LogP contribution in [0, 0.1) is 11.3 Å². The van der Waals surface area contributed by atoms with Crippen molar-refractivity contribution >= 4 is 27.9 Å². The van der Waals surface area contributed by atoms with E-state index in [1.165, 1.54) is 0 Å². The van der Waals surface area contributed by atoms with Gasteiger partial charge in [0.25, 0.3) is 5.91 Å². The summed E-state index contributed by atoms with van der Waals surface area (Å²) < 4.78 is 6.40. The van der Waals surface area contributed by atoms with E-state index >= 15 is 0 Å². The van der Waals surface area contributed by atoms with Gasteiger partial charge < -0.3 is 10.1 Å². The molecule has 3 rings (SSSR count). The Labute approximate surface area is 159 Å². The maximum atomic E-state index is 12.8. The Balaban J connectivity index is 1.66. The van der Waals surface area contributed by atoms with Gasteiger partial charge in [0.1, 0.15) is 17.9 Å². The molecule has 1 N–H and O–H groups in total. The summed E-state index contributed by atoms with van der Waals surface area (Å²) in [6.07, 6.45) is 0. The minimum atomic E-state index is -1.10. The van der Waals surface area contributed by atoms with E-state index < -0.39 is 11.6 Å². The molecule has 26 heavy (non-hydrogen) atoms. The molecule has 0 bridgehead atoms. The number of imide groups is 1. The highest BCUT2D eigenvalue weighted by Crippen LogP contribution is 2.30. The van der Waals surface area contributed by atoms with Crippen LogP contribution in [0.3, 0.4) is 0 Å². The molecule has 132 valence electrons. The van der Waals surface area contributed by atoms with Crippen LogP contribution in [0.4, 0.5) is 4.79 Å². The molecule has 0 radical (unpaired) electrons. The van der Waals surface area contributed by atoms with E-state index in [9.17, 15) is 9.59 Å². The van der Waals surface area contributed by atoms with E-state index in [1.54, 1.807) is 37.3 Å². The van der Waals surface area contributed by atoms with E-state index in [4.69, 9.17) is 10.00 Å². The van der Waals surface area contributed by atoms with E-state index in [0.29, 0.717) is 16.9 Å². The summed E-state index contributed by atoms with van der Waals surface area (Å²) in [5.74, 6) is 0.259. The van der Waals surface area contributed by atoms with Crippen molar-refractivity contribution in [3.63, 3.8) is 0 Å². The number of carbonyl (C=O) groups is 2. The van der Waals surface area contributed by atoms with Gasteiger partial charge in [-0.1, -0.05) is 28.1 Å². The fourth-order valence-corrected chi connectivity index (χ4v) is 3.17. The number of hydrogen-bond acceptors (Lipinski definition) is 4. The molecular weight excluding hydrogens is 398 g/mol. The molecule has 1 aliphatic rings. The van der Waals surface area contributed by atoms with Crippen LogP contribution in [-0.2, 0) is 10.3 Å². The Hall–Kier alpha value is -2.85. The normalized spacial score (nSPS) is 19.2. The molecule has 0 spiro atoms. The van der Waals surface area contributed by atoms with Gasteiger partial charge in [0.15, 0.2) is 0 Å². The highest BCUT2D eigenvalue weighted by Gasteiger charge is 2.48. The molecule has 6 nitrogen and oxygen atoms in total. The molecule has 1 heterocycles. The Morgan fingerprint density at radius 3 is 2.62 bits per heavy atom. The lowest BCUT2D eigenvalue weighted by atomic mass is 9.92. The Bertz CT molecular complexity index is 892. The summed E-state index contributed by atoms with van der Waals surface area (Å²) in [4.78, 5) is 26.2. The summed E-state index contributed by atoms with van der Waals surface area (Å²) in [6, 6.07) is 15.5. The molecular formula is C19H16BrN3O3. The number of rotatable bonds is 5. The second-order valence-electron chi connectivity index (χ2n) is 6.01. The van der Waals surface area contributed by atoms with Crippen LogP contribution in [0.5, 0.6) is 5.75 Å². The number of nitriles is 1. The molecule has 1 atom stereocenters. The van der Waals surface area contributed by atoms with Gasteiger partial charge in [-0.05, 0) is 48.9 Å². The number of halogens is 1. The molecule has 1 fully saturated rings. The van der Waals surface area contributed by atoms with Crippen molar-refractivity contribution in [1.29, 1.82) is 5.26 Å². The minimum absolute atomic E-state index is 0.133. The average Bonchev–Trinajstić information content (AvgIpc) is 2.86. The molecule has 1 saturated heterocycles. The zero-order valence-electron chi connectivity index (χ0n) is 14.0. The highest BCUT2D eigenvalue weighted by atomic mass is 79.9. The van der Waals surface area contributed by atoms with Gasteiger partial charge in [0.05, 0.1) is 18.2 Å². The summed E-state index contributed by atoms with van der Waals surface area (Å²) in [5, 5.41) is 11.5. The van der Waals surface area contributed by atoms with Gasteiger partial charge in [0.2, 0.25) is 0 Å². The van der Waals surface area contributed by atoms with Crippen molar-refractivity contribution in [1.82, 2.24) is 10.2 Å². The monoisotopic (exact) mass is 413 g/mol. The van der Waals surface area contributed by atoms with Crippen molar-refractivity contribution < 1.29 is 14.3 Å². The third kappa shape index (κ3) is 3.41. The first-order valence-electron chi connectivity index (χ1n) is 7.97. The number of ether oxygens (including phenoxy) is 1. The van der Waals surface area contributed by atoms with Crippen LogP contribution in [0.25, 0.3) is 0 Å². The topological polar surface area (TPSA) is 82.4 Å². The third-order valence-electron chi connectivity index (χ3n) is 4.24. The van der Waals surface area contributed by atoms with E-state index in [0.717, 1.165) is 9.37 Å². The first kappa shape index (κ1) is 18.0. The van der Waals surface area contributed by atoms with Crippen molar-refractivity contribution in [3.05, 3.63) is 64.1 Å². The standard InChI is InChI=1S/C19H16BrN3O3/c1-19(14-3-2-4-15(20)11-14)17(24)23(18(25)22-19)9-10-26-16-7-5-13(12-21)6-8-16/h2-8,11H,9-10H2,1H3,(H,22,25). The molecule has 7 heteroatoms. The highest BCUT2D eigenvalue weighted by molar-refractivity contribution is 9.10. The van der Waals surface area contributed by atoms with Crippen LogP contribution >= 0.6 is 15.9 Å². The van der Waals surface area contributed by atoms with Gasteiger partial charge in [-0.15, -0.1) is 0 Å². The van der Waals surface area contributed by atoms with Gasteiger partial charge in [-0.25, -0.2) is 4.79 Å². The zero-order chi connectivity index (χ0) is 18.7. The quantitative estimate of drug-likeness (QED) is 0.763. The molecule has 3 amide bonds. The van der Waals surface area contributed by atoms with Crippen molar-refractivity contribution in [3.8, 4) is 11.8 Å². The minimum Gasteiger partial charge on any atom is -0.492 e. The molecule has 0 aliphatic carbocycles. The van der Waals surface area contributed by atoms with Crippen LogP contribution in [0.1, 0.15) is 18.1 Å². The lowest BCUT2D eigenvalue weighted by Gasteiger charge is -2.22. The molecule has 2 aromatic carbocycles. The molecule has 0 saturated carbocycles. The number of carbonyl (C=O) groups excluding carboxylic acids is 2. The largest absolute Gasteiger partial charge is 0.492 e. The maximum Gasteiger partial charge on any atom is 0.325 e. The van der Waals surface area contributed by atoms with Gasteiger partial charge in [-0.2, -0.15) is 5.26 Å². The van der Waals surface area contributed by atoms with Crippen molar-refractivity contribution in [2.75, 3.05) is 13.2 Å². The first-order valence-corrected chi connectivity index (χ1v) is 8.76. The molecule has 1 aliphatic heterocycles. The summed E-state index contributed by atoms with van der Waals surface area (Å²) in [7, 11) is 0. The van der Waals surface area contributed by atoms with Gasteiger partial charge >= 0.3 is 6.03 Å². The predicted molar refractivity (Wildman–Crippen MR) is 98.4 cm³/mol. The van der Waals surface area contributed by atoms with E-state index in [1.807, 2.05) is 24.3 Å². The summed E-state index contributed by atoms with van der Waals surface area (Å²) in [5.41, 5.74) is 0.145. The number of hydrogen-bond donors (Lipinski definition) is 1. The van der Waals surface area contributed by atoms with Crippen LogP contribution in [0.15, 0.2) is 53.0 Å². The summed E-state index contributed by atoms with van der Waals surface area (Å²) in [6.45, 7) is 1.99. The van der Waals surface area contributed by atoms with E-state index in [2.05, 4.69) is 21.2 Å². The lowest BCUT2D eigenvalue weighted by molar-refractivity contribution is -0.131. The van der Waals surface area contributed by atoms with Crippen LogP contribution < -0.4 is 10.1 Å². The Kier molecular flexibility index (Phi) is 4.96. The molecule has 0 aromatic heterocycles. The SMILES string of the molecule is CC1(c2cccc(Br)c2)NC(=O)N(CCOc2ccc(C#N)cc2)C1=O. The lowest BCUT2D eigenvalue weighted by Crippen LogP contribution is -2.41. The van der Waals surface area contributed by atoms with Crippen molar-refractivity contribution in [2.45, 2.75) is 12.5 Å². The van der Waals surface area contributed by atoms with E-state index in [-0.39, 0.29) is 19.1 Å². The van der Waals surface area contributed by atoms with Crippen LogP contribution in [0.2, 0.25) is 0 Å². The van der Waals surface area contributed by atoms with Gasteiger partial charge in [-0.3, -0.25) is 9.69 Å². The second kappa shape index (κ2) is 7.18. The Morgan fingerprint density at radius 2 is 1.96 bits per heavy atom. The first-order chi connectivity index (χ1) is 12.4. The fourth-order valence-electron chi connectivity index (χ4n) is 2.78. The second-order valence-corrected chi connectivity index (χ2v) is 6.92. The third-order valence-corrected chi connectivity index (χ3v) is 4.74. The number of benzene rings is 2. The average molecular weight is 414 g/mol. The predicted octanol–water partition coefficient (Wildman–Crippen LogP) is 3.17. The van der Waals surface area contributed by atoms with Gasteiger partial charge in [0, 0.05) is 4.47 Å². The Morgan fingerprint density at radius 1 is 1.23 bits per heavy atom. The zero-order valence-corrected chi connectivity index (χ0v) is 15.6. The smallest absolute Gasteiger partial charge is 0.325 e. The van der Waals surface area contributed by atoms with Crippen molar-refractivity contribution in [2.24, 2.45) is 0 Å². The number of nitrogens with zero attached hydrogens (tertiary/aromatic N) is 2. The maximum absolute atomic E-state index is 12.8. The summed E-state index contributed by atoms with van der Waals surface area (Å²) >= 11 is 3.38. The molecule has 1 unspecified atom stereocenters. The van der Waals surface area contributed by atoms with Crippen LogP contribution in [-0.4, -0.2) is 30.0 Å². The number of urea groups is 1. The number of amides is 3. The number of nitrogens with one attached hydrogen (secondary N) is 1.